The molecule has 0 saturated carbocycles. The van der Waals surface area contributed by atoms with E-state index in [2.05, 4.69) is 16.0 Å². The van der Waals surface area contributed by atoms with E-state index in [0.717, 1.165) is 31.2 Å². The fourth-order valence-corrected chi connectivity index (χ4v) is 5.65. The van der Waals surface area contributed by atoms with Crippen molar-refractivity contribution in [1.29, 1.82) is 0 Å². The molecule has 160 valence electrons. The maximum absolute atomic E-state index is 13.3. The van der Waals surface area contributed by atoms with Gasteiger partial charge in [0.2, 0.25) is 5.78 Å². The average molecular weight is 454 g/mol. The van der Waals surface area contributed by atoms with Gasteiger partial charge in [-0.2, -0.15) is 0 Å². The summed E-state index contributed by atoms with van der Waals surface area (Å²) in [4.78, 5) is 40.4. The van der Waals surface area contributed by atoms with Crippen LogP contribution in [0.1, 0.15) is 53.7 Å². The quantitative estimate of drug-likeness (QED) is 0.371. The first-order chi connectivity index (χ1) is 15.1. The number of fused-ring (bicyclic) bond motifs is 1. The normalized spacial score (nSPS) is 13.7. The Morgan fingerprint density at radius 1 is 0.968 bits per heavy atom. The van der Waals surface area contributed by atoms with Crippen LogP contribution in [0.3, 0.4) is 0 Å². The number of benzene rings is 1. The van der Waals surface area contributed by atoms with Crippen molar-refractivity contribution in [3.05, 3.63) is 74.3 Å². The third kappa shape index (κ3) is 4.55. The SMILES string of the molecule is CNC(=O)c1c(N[C@@H](NC(=O)c2cccs2)C(=O)c2ccccc2)sc2c1CCCC2. The number of anilines is 1. The molecular weight excluding hydrogens is 430 g/mol. The molecule has 2 heterocycles. The second-order valence-corrected chi connectivity index (χ2v) is 9.31. The molecule has 2 aromatic heterocycles. The highest BCUT2D eigenvalue weighted by molar-refractivity contribution is 7.16. The standard InChI is InChI=1S/C23H23N3O3S2/c1-24-22(29)18-15-10-5-6-11-16(15)31-23(18)26-20(19(27)14-8-3-2-4-9-14)25-21(28)17-12-7-13-30-17/h2-4,7-9,12-13,20,26H,5-6,10-11H2,1H3,(H,24,29)(H,25,28)/t20-/m1/s1. The van der Waals surface area contributed by atoms with Crippen LogP contribution in [-0.4, -0.2) is 30.8 Å². The molecule has 1 atom stereocenters. The van der Waals surface area contributed by atoms with Gasteiger partial charge in [0.1, 0.15) is 5.00 Å². The Labute approximate surface area is 188 Å². The van der Waals surface area contributed by atoms with E-state index in [9.17, 15) is 14.4 Å². The van der Waals surface area contributed by atoms with Crippen molar-refractivity contribution < 1.29 is 14.4 Å². The summed E-state index contributed by atoms with van der Waals surface area (Å²) >= 11 is 2.81. The maximum atomic E-state index is 13.3. The molecule has 8 heteroatoms. The van der Waals surface area contributed by atoms with Gasteiger partial charge in [-0.1, -0.05) is 36.4 Å². The lowest BCUT2D eigenvalue weighted by Gasteiger charge is -2.20. The van der Waals surface area contributed by atoms with Gasteiger partial charge in [-0.25, -0.2) is 0 Å². The molecule has 0 unspecified atom stereocenters. The summed E-state index contributed by atoms with van der Waals surface area (Å²) in [6, 6.07) is 12.3. The van der Waals surface area contributed by atoms with Gasteiger partial charge in [0, 0.05) is 17.5 Å². The van der Waals surface area contributed by atoms with E-state index in [-0.39, 0.29) is 17.6 Å². The molecule has 6 nitrogen and oxygen atoms in total. The smallest absolute Gasteiger partial charge is 0.263 e. The lowest BCUT2D eigenvalue weighted by molar-refractivity contribution is 0.0872. The summed E-state index contributed by atoms with van der Waals surface area (Å²) < 4.78 is 0. The van der Waals surface area contributed by atoms with Crippen LogP contribution in [0.25, 0.3) is 0 Å². The molecule has 0 saturated heterocycles. The van der Waals surface area contributed by atoms with Gasteiger partial charge in [0.05, 0.1) is 10.4 Å². The van der Waals surface area contributed by atoms with Crippen molar-refractivity contribution in [2.45, 2.75) is 31.8 Å². The van der Waals surface area contributed by atoms with Crippen molar-refractivity contribution in [2.75, 3.05) is 12.4 Å². The third-order valence-corrected chi connectivity index (χ3v) is 7.33. The van der Waals surface area contributed by atoms with E-state index < -0.39 is 6.17 Å². The number of aryl methyl sites for hydroxylation is 1. The molecular formula is C23H23N3O3S2. The Balaban J connectivity index is 1.69. The van der Waals surface area contributed by atoms with E-state index in [4.69, 9.17) is 0 Å². The molecule has 0 aliphatic heterocycles. The zero-order chi connectivity index (χ0) is 21.8. The van der Waals surface area contributed by atoms with E-state index >= 15 is 0 Å². The first kappa shape index (κ1) is 21.3. The number of hydrogen-bond donors (Lipinski definition) is 3. The van der Waals surface area contributed by atoms with Crippen molar-refractivity contribution in [2.24, 2.45) is 0 Å². The van der Waals surface area contributed by atoms with E-state index in [1.54, 1.807) is 43.4 Å². The fraction of sp³-hybridized carbons (Fsp3) is 0.261. The van der Waals surface area contributed by atoms with Crippen LogP contribution in [0.15, 0.2) is 47.8 Å². The second kappa shape index (κ2) is 9.45. The maximum Gasteiger partial charge on any atom is 0.263 e. The number of ketones is 1. The van der Waals surface area contributed by atoms with Crippen LogP contribution < -0.4 is 16.0 Å². The Hall–Kier alpha value is -2.97. The number of Topliss-reactive ketones (excluding diaryl/α,β-unsaturated/α-hetero) is 1. The van der Waals surface area contributed by atoms with Gasteiger partial charge in [0.25, 0.3) is 11.8 Å². The number of hydrogen-bond acceptors (Lipinski definition) is 6. The molecule has 0 fully saturated rings. The lowest BCUT2D eigenvalue weighted by Crippen LogP contribution is -2.46. The fourth-order valence-electron chi connectivity index (χ4n) is 3.71. The molecule has 1 aliphatic rings. The first-order valence-electron chi connectivity index (χ1n) is 10.1. The van der Waals surface area contributed by atoms with E-state index in [0.29, 0.717) is 21.0 Å². The van der Waals surface area contributed by atoms with Crippen LogP contribution in [0.2, 0.25) is 0 Å². The second-order valence-electron chi connectivity index (χ2n) is 7.25. The van der Waals surface area contributed by atoms with Gasteiger partial charge in [-0.05, 0) is 42.7 Å². The monoisotopic (exact) mass is 453 g/mol. The largest absolute Gasteiger partial charge is 0.355 e. The molecule has 0 radical (unpaired) electrons. The van der Waals surface area contributed by atoms with Crippen molar-refractivity contribution in [1.82, 2.24) is 10.6 Å². The number of thiophene rings is 2. The number of carbonyl (C=O) groups excluding carboxylic acids is 3. The number of carbonyl (C=O) groups is 3. The summed E-state index contributed by atoms with van der Waals surface area (Å²) in [6.45, 7) is 0. The summed E-state index contributed by atoms with van der Waals surface area (Å²) in [5.41, 5.74) is 2.11. The Morgan fingerprint density at radius 2 is 1.74 bits per heavy atom. The molecule has 31 heavy (non-hydrogen) atoms. The first-order valence-corrected chi connectivity index (χ1v) is 11.8. The van der Waals surface area contributed by atoms with Crippen LogP contribution in [0.4, 0.5) is 5.00 Å². The van der Waals surface area contributed by atoms with Gasteiger partial charge >= 0.3 is 0 Å². The molecule has 3 N–H and O–H groups in total. The van der Waals surface area contributed by atoms with Gasteiger partial charge in [-0.3, -0.25) is 14.4 Å². The summed E-state index contributed by atoms with van der Waals surface area (Å²) in [5, 5.41) is 11.2. The minimum atomic E-state index is -1.000. The lowest BCUT2D eigenvalue weighted by atomic mass is 9.95. The Morgan fingerprint density at radius 3 is 2.45 bits per heavy atom. The molecule has 4 rings (SSSR count). The molecule has 1 aliphatic carbocycles. The zero-order valence-electron chi connectivity index (χ0n) is 17.1. The van der Waals surface area contributed by atoms with Crippen LogP contribution in [0.5, 0.6) is 0 Å². The highest BCUT2D eigenvalue weighted by Gasteiger charge is 2.29. The highest BCUT2D eigenvalue weighted by Crippen LogP contribution is 2.38. The van der Waals surface area contributed by atoms with Gasteiger partial charge in [-0.15, -0.1) is 22.7 Å². The Kier molecular flexibility index (Phi) is 6.48. The van der Waals surface area contributed by atoms with Crippen LogP contribution in [0, 0.1) is 0 Å². The average Bonchev–Trinajstić information content (AvgIpc) is 3.46. The van der Waals surface area contributed by atoms with Gasteiger partial charge in [0.15, 0.2) is 6.17 Å². The van der Waals surface area contributed by atoms with Crippen molar-refractivity contribution >= 4 is 45.3 Å². The Bertz CT molecular complexity index is 1090. The van der Waals surface area contributed by atoms with E-state index in [1.165, 1.54) is 27.6 Å². The number of rotatable bonds is 7. The molecule has 1 aromatic carbocycles. The molecule has 0 spiro atoms. The van der Waals surface area contributed by atoms with Crippen LogP contribution >= 0.6 is 22.7 Å². The summed E-state index contributed by atoms with van der Waals surface area (Å²) in [5.74, 6) is -0.781. The van der Waals surface area contributed by atoms with Crippen molar-refractivity contribution in [3.8, 4) is 0 Å². The topological polar surface area (TPSA) is 87.3 Å². The minimum Gasteiger partial charge on any atom is -0.355 e. The molecule has 2 amide bonds. The van der Waals surface area contributed by atoms with E-state index in [1.807, 2.05) is 11.4 Å². The minimum absolute atomic E-state index is 0.183. The highest BCUT2D eigenvalue weighted by atomic mass is 32.1. The number of amides is 2. The zero-order valence-corrected chi connectivity index (χ0v) is 18.7. The molecule has 0 bridgehead atoms. The van der Waals surface area contributed by atoms with Crippen LogP contribution in [-0.2, 0) is 12.8 Å². The van der Waals surface area contributed by atoms with Gasteiger partial charge < -0.3 is 16.0 Å². The summed E-state index contributed by atoms with van der Waals surface area (Å²) in [7, 11) is 1.60. The predicted molar refractivity (Wildman–Crippen MR) is 124 cm³/mol. The predicted octanol–water partition coefficient (Wildman–Crippen LogP) is 4.10. The number of nitrogens with one attached hydrogen (secondary N) is 3. The summed E-state index contributed by atoms with van der Waals surface area (Å²) in [6.07, 6.45) is 2.89. The third-order valence-electron chi connectivity index (χ3n) is 5.24. The van der Waals surface area contributed by atoms with Crippen molar-refractivity contribution in [3.63, 3.8) is 0 Å². The molecule has 3 aromatic rings.